The third-order valence-electron chi connectivity index (χ3n) is 7.65. The molecule has 0 aromatic rings. The molecule has 0 aromatic heterocycles. The lowest BCUT2D eigenvalue weighted by atomic mass is 9.49. The van der Waals surface area contributed by atoms with Crippen molar-refractivity contribution < 1.29 is 13.2 Å². The molecule has 1 saturated heterocycles. The van der Waals surface area contributed by atoms with E-state index in [-0.39, 0.29) is 11.8 Å². The van der Waals surface area contributed by atoms with Crippen LogP contribution in [0, 0.1) is 23.2 Å². The van der Waals surface area contributed by atoms with E-state index >= 15 is 0 Å². The van der Waals surface area contributed by atoms with Crippen molar-refractivity contribution in [3.05, 3.63) is 0 Å². The SMILES string of the molecule is CCCCS(=O)(=O)NC1CCN(C(=O)CC23CC4CC(CC(C4)C2)C3)CC1. The molecule has 1 aliphatic heterocycles. The monoisotopic (exact) mass is 396 g/mol. The molecule has 5 nitrogen and oxygen atoms in total. The zero-order valence-corrected chi connectivity index (χ0v) is 17.6. The van der Waals surface area contributed by atoms with Crippen LogP contribution in [0.5, 0.6) is 0 Å². The number of likely N-dealkylation sites (tertiary alicyclic amines) is 1. The van der Waals surface area contributed by atoms with E-state index in [1.807, 2.05) is 11.8 Å². The van der Waals surface area contributed by atoms with Crippen LogP contribution in [0.1, 0.15) is 77.6 Å². The fraction of sp³-hybridized carbons (Fsp3) is 0.952. The summed E-state index contributed by atoms with van der Waals surface area (Å²) in [4.78, 5) is 15.0. The van der Waals surface area contributed by atoms with E-state index in [1.165, 1.54) is 38.5 Å². The lowest BCUT2D eigenvalue weighted by Crippen LogP contribution is -2.50. The van der Waals surface area contributed by atoms with Crippen molar-refractivity contribution in [1.29, 1.82) is 0 Å². The van der Waals surface area contributed by atoms with Crippen LogP contribution in [0.15, 0.2) is 0 Å². The Morgan fingerprint density at radius 1 is 1.04 bits per heavy atom. The van der Waals surface area contributed by atoms with Gasteiger partial charge < -0.3 is 4.90 Å². The van der Waals surface area contributed by atoms with Crippen LogP contribution < -0.4 is 4.72 Å². The molecular weight excluding hydrogens is 360 g/mol. The maximum absolute atomic E-state index is 13.0. The van der Waals surface area contributed by atoms with E-state index in [0.717, 1.165) is 43.4 Å². The first-order valence-electron chi connectivity index (χ1n) is 11.1. The molecule has 0 aromatic carbocycles. The number of hydrogen-bond donors (Lipinski definition) is 1. The average molecular weight is 397 g/mol. The Bertz CT molecular complexity index is 617. The van der Waals surface area contributed by atoms with E-state index in [9.17, 15) is 13.2 Å². The minimum absolute atomic E-state index is 0.00421. The molecule has 5 rings (SSSR count). The predicted octanol–water partition coefficient (Wildman–Crippen LogP) is 3.30. The molecule has 5 aliphatic rings. The molecule has 1 N–H and O–H groups in total. The van der Waals surface area contributed by atoms with Gasteiger partial charge in [-0.2, -0.15) is 0 Å². The summed E-state index contributed by atoms with van der Waals surface area (Å²) in [6.45, 7) is 3.40. The highest BCUT2D eigenvalue weighted by Crippen LogP contribution is 2.61. The summed E-state index contributed by atoms with van der Waals surface area (Å²) in [7, 11) is -3.17. The Kier molecular flexibility index (Phi) is 5.58. The van der Waals surface area contributed by atoms with Crippen molar-refractivity contribution in [1.82, 2.24) is 9.62 Å². The number of nitrogens with one attached hydrogen (secondary N) is 1. The van der Waals surface area contributed by atoms with Crippen LogP contribution in [0.25, 0.3) is 0 Å². The number of amides is 1. The van der Waals surface area contributed by atoms with Gasteiger partial charge in [-0.05, 0) is 81.0 Å². The first-order valence-corrected chi connectivity index (χ1v) is 12.8. The van der Waals surface area contributed by atoms with Gasteiger partial charge in [-0.15, -0.1) is 0 Å². The third-order valence-corrected chi connectivity index (χ3v) is 9.17. The van der Waals surface area contributed by atoms with Crippen LogP contribution >= 0.6 is 0 Å². The van der Waals surface area contributed by atoms with E-state index in [0.29, 0.717) is 30.8 Å². The highest BCUT2D eigenvalue weighted by molar-refractivity contribution is 7.89. The summed E-state index contributed by atoms with van der Waals surface area (Å²) in [5, 5.41) is 0. The van der Waals surface area contributed by atoms with E-state index in [2.05, 4.69) is 4.72 Å². The van der Waals surface area contributed by atoms with Crippen LogP contribution in [0.2, 0.25) is 0 Å². The predicted molar refractivity (Wildman–Crippen MR) is 107 cm³/mol. The van der Waals surface area contributed by atoms with Gasteiger partial charge in [0.1, 0.15) is 0 Å². The molecule has 4 saturated carbocycles. The highest BCUT2D eigenvalue weighted by Gasteiger charge is 2.51. The normalized spacial score (nSPS) is 36.3. The zero-order valence-electron chi connectivity index (χ0n) is 16.8. The fourth-order valence-electron chi connectivity index (χ4n) is 6.83. The number of sulfonamides is 1. The van der Waals surface area contributed by atoms with Crippen molar-refractivity contribution in [3.63, 3.8) is 0 Å². The molecule has 0 spiro atoms. The molecule has 0 atom stereocenters. The summed E-state index contributed by atoms with van der Waals surface area (Å²) in [6.07, 6.45) is 11.9. The van der Waals surface area contributed by atoms with Crippen LogP contribution in [-0.2, 0) is 14.8 Å². The number of rotatable bonds is 7. The molecule has 1 heterocycles. The van der Waals surface area contributed by atoms with E-state index < -0.39 is 10.0 Å². The fourth-order valence-corrected chi connectivity index (χ4v) is 8.36. The molecule has 27 heavy (non-hydrogen) atoms. The summed E-state index contributed by atoms with van der Waals surface area (Å²) >= 11 is 0. The Labute approximate surface area is 164 Å². The first kappa shape index (κ1) is 19.7. The molecule has 1 amide bonds. The maximum Gasteiger partial charge on any atom is 0.223 e. The van der Waals surface area contributed by atoms with Gasteiger partial charge in [0.25, 0.3) is 0 Å². The molecule has 154 valence electrons. The van der Waals surface area contributed by atoms with Crippen LogP contribution in [0.3, 0.4) is 0 Å². The van der Waals surface area contributed by atoms with Crippen LogP contribution in [-0.4, -0.2) is 44.1 Å². The number of unbranched alkanes of at least 4 members (excludes halogenated alkanes) is 1. The minimum Gasteiger partial charge on any atom is -0.343 e. The third kappa shape index (κ3) is 4.52. The largest absolute Gasteiger partial charge is 0.343 e. The minimum atomic E-state index is -3.17. The molecule has 6 heteroatoms. The van der Waals surface area contributed by atoms with E-state index in [1.54, 1.807) is 0 Å². The lowest BCUT2D eigenvalue weighted by molar-refractivity contribution is -0.140. The van der Waals surface area contributed by atoms with Gasteiger partial charge in [0.15, 0.2) is 0 Å². The Hall–Kier alpha value is -0.620. The Balaban J connectivity index is 1.27. The summed E-state index contributed by atoms with van der Waals surface area (Å²) in [6, 6.07) is -0.00421. The second-order valence-corrected chi connectivity index (χ2v) is 11.9. The highest BCUT2D eigenvalue weighted by atomic mass is 32.2. The number of piperidine rings is 1. The van der Waals surface area contributed by atoms with Gasteiger partial charge in [-0.3, -0.25) is 4.79 Å². The molecular formula is C21H36N2O3S. The van der Waals surface area contributed by atoms with E-state index in [4.69, 9.17) is 0 Å². The van der Waals surface area contributed by atoms with Crippen molar-refractivity contribution in [3.8, 4) is 0 Å². The van der Waals surface area contributed by atoms with Gasteiger partial charge >= 0.3 is 0 Å². The number of hydrogen-bond acceptors (Lipinski definition) is 3. The molecule has 0 unspecified atom stereocenters. The molecule has 5 fully saturated rings. The topological polar surface area (TPSA) is 66.5 Å². The van der Waals surface area contributed by atoms with Gasteiger partial charge in [0.2, 0.25) is 15.9 Å². The van der Waals surface area contributed by atoms with Crippen molar-refractivity contribution >= 4 is 15.9 Å². The summed E-state index contributed by atoms with van der Waals surface area (Å²) < 4.78 is 27.0. The van der Waals surface area contributed by atoms with Gasteiger partial charge in [0.05, 0.1) is 5.75 Å². The second-order valence-electron chi connectivity index (χ2n) is 10.0. The van der Waals surface area contributed by atoms with Crippen LogP contribution in [0.4, 0.5) is 0 Å². The summed E-state index contributed by atoms with van der Waals surface area (Å²) in [5.41, 5.74) is 0.296. The molecule has 0 radical (unpaired) electrons. The zero-order chi connectivity index (χ0) is 19.1. The van der Waals surface area contributed by atoms with Crippen molar-refractivity contribution in [2.75, 3.05) is 18.8 Å². The van der Waals surface area contributed by atoms with Gasteiger partial charge in [0, 0.05) is 25.6 Å². The average Bonchev–Trinajstić information content (AvgIpc) is 2.58. The first-order chi connectivity index (χ1) is 12.9. The number of carbonyl (C=O) groups is 1. The number of nitrogens with zero attached hydrogens (tertiary/aromatic N) is 1. The van der Waals surface area contributed by atoms with Gasteiger partial charge in [-0.1, -0.05) is 13.3 Å². The van der Waals surface area contributed by atoms with Crippen molar-refractivity contribution in [2.24, 2.45) is 23.2 Å². The van der Waals surface area contributed by atoms with Gasteiger partial charge in [-0.25, -0.2) is 13.1 Å². The quantitative estimate of drug-likeness (QED) is 0.718. The maximum atomic E-state index is 13.0. The lowest BCUT2D eigenvalue weighted by Gasteiger charge is -2.57. The standard InChI is InChI=1S/C21H36N2O3S/c1-2-3-8-27(25,26)22-19-4-6-23(7-5-19)20(24)15-21-12-16-9-17(13-21)11-18(10-16)14-21/h16-19,22H,2-15H2,1H3. The Morgan fingerprint density at radius 2 is 1.59 bits per heavy atom. The molecule has 4 aliphatic carbocycles. The number of carbonyl (C=O) groups excluding carboxylic acids is 1. The molecule has 4 bridgehead atoms. The Morgan fingerprint density at radius 3 is 2.11 bits per heavy atom. The summed E-state index contributed by atoms with van der Waals surface area (Å²) in [5.74, 6) is 3.19. The van der Waals surface area contributed by atoms with Crippen molar-refractivity contribution in [2.45, 2.75) is 83.6 Å². The smallest absolute Gasteiger partial charge is 0.223 e. The second kappa shape index (κ2) is 7.66.